The van der Waals surface area contributed by atoms with E-state index in [1.54, 1.807) is 12.2 Å². The molecule has 1 aliphatic rings. The molecule has 0 saturated heterocycles. The first-order chi connectivity index (χ1) is 12.6. The summed E-state index contributed by atoms with van der Waals surface area (Å²) in [5, 5.41) is 20.8. The molecule has 0 bridgehead atoms. The highest BCUT2D eigenvalue weighted by Gasteiger charge is 2.22. The van der Waals surface area contributed by atoms with Gasteiger partial charge in [0.2, 0.25) is 0 Å². The lowest BCUT2D eigenvalue weighted by molar-refractivity contribution is 0.241. The molecule has 0 amide bonds. The summed E-state index contributed by atoms with van der Waals surface area (Å²) >= 11 is 0. The number of aliphatic hydroxyl groups is 2. The third-order valence-electron chi connectivity index (χ3n) is 4.48. The summed E-state index contributed by atoms with van der Waals surface area (Å²) in [6.07, 6.45) is 14.8. The minimum Gasteiger partial charge on any atom is -0.508 e. The van der Waals surface area contributed by atoms with E-state index in [1.165, 1.54) is 5.56 Å². The fourth-order valence-corrected chi connectivity index (χ4v) is 3.03. The maximum absolute atomic E-state index is 10.7. The number of rotatable bonds is 8. The summed E-state index contributed by atoms with van der Waals surface area (Å²) in [7, 11) is 5.43. The predicted molar refractivity (Wildman–Crippen MR) is 110 cm³/mol. The molecule has 1 aromatic carbocycles. The van der Waals surface area contributed by atoms with Gasteiger partial charge < -0.3 is 10.2 Å². The van der Waals surface area contributed by atoms with Crippen LogP contribution in [0, 0.1) is 0 Å². The molecule has 2 N–H and O–H groups in total. The van der Waals surface area contributed by atoms with Crippen molar-refractivity contribution in [3.63, 3.8) is 0 Å². The average molecular weight is 346 g/mol. The van der Waals surface area contributed by atoms with Crippen molar-refractivity contribution in [1.29, 1.82) is 0 Å². The van der Waals surface area contributed by atoms with E-state index in [0.717, 1.165) is 36.8 Å². The number of hydrogen-bond acceptors (Lipinski definition) is 2. The first-order valence-electron chi connectivity index (χ1n) is 9.19. The van der Waals surface area contributed by atoms with Crippen LogP contribution in [0.25, 0.3) is 0 Å². The van der Waals surface area contributed by atoms with Crippen LogP contribution in [0.15, 0.2) is 89.3 Å². The molecule has 0 spiro atoms. The summed E-state index contributed by atoms with van der Waals surface area (Å²) in [6.45, 7) is 1.91. The second-order valence-electron chi connectivity index (χ2n) is 6.45. The van der Waals surface area contributed by atoms with Crippen molar-refractivity contribution in [1.82, 2.24) is 0 Å². The quantitative estimate of drug-likeness (QED) is 0.388. The van der Waals surface area contributed by atoms with E-state index in [1.807, 2.05) is 31.2 Å². The second kappa shape index (κ2) is 10.7. The molecule has 3 heteroatoms. The standard InChI is InChI=1S/C23H27BO2/c1-18(10-4-3-9-17-24)22-21(25)16-15-20(23(22)26)14-8-7-13-19-11-5-2-6-12-19/h2-3,5-6,9-12,14-16,23,25-26H,4,7-8,13,17H2,1H3. The topological polar surface area (TPSA) is 40.5 Å². The van der Waals surface area contributed by atoms with Crippen LogP contribution >= 0.6 is 0 Å². The van der Waals surface area contributed by atoms with Gasteiger partial charge in [-0.3, -0.25) is 0 Å². The highest BCUT2D eigenvalue weighted by Crippen LogP contribution is 2.29. The summed E-state index contributed by atoms with van der Waals surface area (Å²) < 4.78 is 0. The van der Waals surface area contributed by atoms with Crippen LogP contribution < -0.4 is 0 Å². The summed E-state index contributed by atoms with van der Waals surface area (Å²) in [6, 6.07) is 10.4. The Kier molecular flexibility index (Phi) is 8.23. The zero-order chi connectivity index (χ0) is 18.8. The normalized spacial score (nSPS) is 19.7. The molecule has 1 atom stereocenters. The highest BCUT2D eigenvalue weighted by molar-refractivity contribution is 6.09. The molecule has 1 aliphatic carbocycles. The van der Waals surface area contributed by atoms with Crippen molar-refractivity contribution < 1.29 is 10.2 Å². The van der Waals surface area contributed by atoms with E-state index in [-0.39, 0.29) is 5.76 Å². The molecule has 1 aromatic rings. The predicted octanol–water partition coefficient (Wildman–Crippen LogP) is 5.16. The Morgan fingerprint density at radius 1 is 1.15 bits per heavy atom. The van der Waals surface area contributed by atoms with Gasteiger partial charge in [-0.15, -0.1) is 0 Å². The van der Waals surface area contributed by atoms with Crippen LogP contribution in [-0.2, 0) is 6.42 Å². The minimum absolute atomic E-state index is 0.135. The summed E-state index contributed by atoms with van der Waals surface area (Å²) in [5.41, 5.74) is 3.64. The van der Waals surface area contributed by atoms with Gasteiger partial charge >= 0.3 is 0 Å². The summed E-state index contributed by atoms with van der Waals surface area (Å²) in [5.74, 6) is 0.135. The van der Waals surface area contributed by atoms with E-state index in [9.17, 15) is 10.2 Å². The maximum Gasteiger partial charge on any atom is 0.121 e. The Morgan fingerprint density at radius 2 is 1.92 bits per heavy atom. The zero-order valence-electron chi connectivity index (χ0n) is 15.4. The van der Waals surface area contributed by atoms with Gasteiger partial charge in [-0.05, 0) is 55.4 Å². The first kappa shape index (κ1) is 20.1. The van der Waals surface area contributed by atoms with Gasteiger partial charge in [0.1, 0.15) is 11.9 Å². The molecule has 0 aliphatic heterocycles. The number of unbranched alkanes of at least 4 members (excludes halogenated alkanes) is 1. The lowest BCUT2D eigenvalue weighted by Gasteiger charge is -2.22. The molecule has 1 unspecified atom stereocenters. The van der Waals surface area contributed by atoms with Crippen molar-refractivity contribution in [2.75, 3.05) is 0 Å². The highest BCUT2D eigenvalue weighted by atomic mass is 16.3. The molecule has 0 saturated carbocycles. The van der Waals surface area contributed by atoms with Gasteiger partial charge in [0.25, 0.3) is 0 Å². The van der Waals surface area contributed by atoms with Crippen LogP contribution in [0.5, 0.6) is 0 Å². The molecule has 26 heavy (non-hydrogen) atoms. The van der Waals surface area contributed by atoms with Crippen LogP contribution in [0.4, 0.5) is 0 Å². The molecule has 0 aromatic heterocycles. The van der Waals surface area contributed by atoms with Crippen LogP contribution in [0.3, 0.4) is 0 Å². The van der Waals surface area contributed by atoms with Crippen molar-refractivity contribution in [3.05, 3.63) is 94.8 Å². The number of aliphatic hydroxyl groups excluding tert-OH is 2. The molecule has 134 valence electrons. The molecule has 2 radical (unpaired) electrons. The second-order valence-corrected chi connectivity index (χ2v) is 6.45. The fourth-order valence-electron chi connectivity index (χ4n) is 3.03. The van der Waals surface area contributed by atoms with Crippen molar-refractivity contribution in [2.45, 2.75) is 45.0 Å². The largest absolute Gasteiger partial charge is 0.508 e. The Morgan fingerprint density at radius 3 is 2.65 bits per heavy atom. The molecule has 0 heterocycles. The van der Waals surface area contributed by atoms with E-state index in [4.69, 9.17) is 7.85 Å². The van der Waals surface area contributed by atoms with E-state index in [2.05, 4.69) is 30.3 Å². The first-order valence-corrected chi connectivity index (χ1v) is 9.19. The third kappa shape index (κ3) is 5.92. The van der Waals surface area contributed by atoms with Crippen molar-refractivity contribution in [2.24, 2.45) is 0 Å². The number of allylic oxidation sites excluding steroid dienone is 5. The summed E-state index contributed by atoms with van der Waals surface area (Å²) in [4.78, 5) is 0. The lowest BCUT2D eigenvalue weighted by atomic mass is 9.89. The van der Waals surface area contributed by atoms with Gasteiger partial charge in [0.15, 0.2) is 0 Å². The Bertz CT molecular complexity index is 724. The van der Waals surface area contributed by atoms with Crippen LogP contribution in [-0.4, -0.2) is 24.2 Å². The van der Waals surface area contributed by atoms with Gasteiger partial charge in [0.05, 0.1) is 7.85 Å². The maximum atomic E-state index is 10.7. The molecular formula is C23H27BO2. The van der Waals surface area contributed by atoms with Gasteiger partial charge in [-0.1, -0.05) is 67.0 Å². The van der Waals surface area contributed by atoms with E-state index >= 15 is 0 Å². The Labute approximate surface area is 158 Å². The van der Waals surface area contributed by atoms with Gasteiger partial charge in [0, 0.05) is 5.57 Å². The van der Waals surface area contributed by atoms with Crippen molar-refractivity contribution in [3.8, 4) is 0 Å². The molecule has 0 fully saturated rings. The van der Waals surface area contributed by atoms with E-state index < -0.39 is 6.10 Å². The molecule has 2 nitrogen and oxygen atoms in total. The number of hydrogen-bond donors (Lipinski definition) is 2. The average Bonchev–Trinajstić information content (AvgIpc) is 2.65. The molecule has 2 rings (SSSR count). The third-order valence-corrected chi connectivity index (χ3v) is 4.48. The Hall–Kier alpha value is -2.26. The smallest absolute Gasteiger partial charge is 0.121 e. The fraction of sp³-hybridized carbons (Fsp3) is 0.304. The SMILES string of the molecule is [B]CC=CCC=C(C)C1=C(O)C=CC(=CCCCc2ccccc2)C1O. The number of aryl methyl sites for hydroxylation is 1. The minimum atomic E-state index is -0.786. The zero-order valence-corrected chi connectivity index (χ0v) is 15.4. The number of benzene rings is 1. The Balaban J connectivity index is 1.97. The monoisotopic (exact) mass is 346 g/mol. The van der Waals surface area contributed by atoms with E-state index in [0.29, 0.717) is 11.9 Å². The molecular weight excluding hydrogens is 319 g/mol. The van der Waals surface area contributed by atoms with Crippen LogP contribution in [0.2, 0.25) is 6.32 Å². The lowest BCUT2D eigenvalue weighted by Crippen LogP contribution is -2.18. The van der Waals surface area contributed by atoms with Crippen molar-refractivity contribution >= 4 is 7.85 Å². The van der Waals surface area contributed by atoms with Gasteiger partial charge in [-0.25, -0.2) is 0 Å². The van der Waals surface area contributed by atoms with Crippen LogP contribution in [0.1, 0.15) is 31.7 Å². The van der Waals surface area contributed by atoms with Gasteiger partial charge in [-0.2, -0.15) is 0 Å².